The van der Waals surface area contributed by atoms with Crippen LogP contribution in [0.1, 0.15) is 56.4 Å². The van der Waals surface area contributed by atoms with Crippen molar-refractivity contribution in [3.8, 4) is 0 Å². The molecule has 8 heteroatoms. The number of nitrogen functional groups attached to an aromatic ring is 1. The average Bonchev–Trinajstić information content (AvgIpc) is 2.82. The lowest BCUT2D eigenvalue weighted by molar-refractivity contribution is -0.127. The van der Waals surface area contributed by atoms with Gasteiger partial charge in [0, 0.05) is 35.8 Å². The van der Waals surface area contributed by atoms with Crippen LogP contribution in [0.2, 0.25) is 0 Å². The zero-order valence-electron chi connectivity index (χ0n) is 21.1. The molecule has 1 aromatic heterocycles. The molecule has 0 fully saturated rings. The van der Waals surface area contributed by atoms with Gasteiger partial charge in [0.25, 0.3) is 5.91 Å². The third-order valence-electron chi connectivity index (χ3n) is 6.66. The maximum Gasteiger partial charge on any atom is 0.268 e. The molecule has 1 aliphatic heterocycles. The monoisotopic (exact) mass is 487 g/mol. The van der Waals surface area contributed by atoms with E-state index in [9.17, 15) is 14.4 Å². The Kier molecular flexibility index (Phi) is 6.97. The first-order chi connectivity index (χ1) is 17.0. The number of aryl methyl sites for hydroxylation is 1. The van der Waals surface area contributed by atoms with Gasteiger partial charge in [0.05, 0.1) is 0 Å². The van der Waals surface area contributed by atoms with E-state index in [4.69, 9.17) is 5.73 Å². The van der Waals surface area contributed by atoms with Crippen LogP contribution in [0.4, 0.5) is 5.82 Å². The number of carbonyl (C=O) groups excluding carboxylic acids is 3. The minimum absolute atomic E-state index is 0.0958. The third kappa shape index (κ3) is 5.48. The molecule has 1 aliphatic carbocycles. The fraction of sp³-hybridized carbons (Fsp3) is 0.357. The molecule has 2 amide bonds. The molecule has 4 rings (SSSR count). The molecule has 5 N–H and O–H groups in total. The van der Waals surface area contributed by atoms with Crippen LogP contribution in [0.15, 0.2) is 65.5 Å². The van der Waals surface area contributed by atoms with Crippen molar-refractivity contribution in [2.75, 3.05) is 5.73 Å². The van der Waals surface area contributed by atoms with Crippen LogP contribution in [0, 0.1) is 12.3 Å². The molecule has 2 aromatic rings. The summed E-state index contributed by atoms with van der Waals surface area (Å²) in [4.78, 5) is 43.2. The Morgan fingerprint density at radius 2 is 1.89 bits per heavy atom. The normalized spacial score (nSPS) is 19.5. The number of nitrogens with one attached hydrogen (secondary N) is 3. The van der Waals surface area contributed by atoms with Crippen LogP contribution in [-0.4, -0.2) is 28.6 Å². The zero-order chi connectivity index (χ0) is 26.0. The van der Waals surface area contributed by atoms with Crippen molar-refractivity contribution >= 4 is 23.4 Å². The number of hydrogen-bond acceptors (Lipinski definition) is 6. The van der Waals surface area contributed by atoms with Crippen molar-refractivity contribution in [2.45, 2.75) is 59.0 Å². The van der Waals surface area contributed by atoms with Crippen LogP contribution in [0.25, 0.3) is 0 Å². The summed E-state index contributed by atoms with van der Waals surface area (Å²) in [5.74, 6) is -0.516. The van der Waals surface area contributed by atoms with Gasteiger partial charge in [0.2, 0.25) is 5.91 Å². The molecule has 8 nitrogen and oxygen atoms in total. The molecule has 2 aliphatic rings. The highest BCUT2D eigenvalue weighted by Crippen LogP contribution is 2.43. The van der Waals surface area contributed by atoms with Crippen LogP contribution in [0.5, 0.6) is 0 Å². The maximum absolute atomic E-state index is 13.2. The van der Waals surface area contributed by atoms with Gasteiger partial charge < -0.3 is 21.7 Å². The van der Waals surface area contributed by atoms with E-state index >= 15 is 0 Å². The van der Waals surface area contributed by atoms with Crippen molar-refractivity contribution in [1.29, 1.82) is 0 Å². The van der Waals surface area contributed by atoms with E-state index < -0.39 is 11.9 Å². The predicted octanol–water partition coefficient (Wildman–Crippen LogP) is 3.01. The van der Waals surface area contributed by atoms with Crippen molar-refractivity contribution in [1.82, 2.24) is 20.9 Å². The van der Waals surface area contributed by atoms with Gasteiger partial charge >= 0.3 is 0 Å². The van der Waals surface area contributed by atoms with Gasteiger partial charge in [-0.2, -0.15) is 0 Å². The number of pyridine rings is 1. The molecule has 0 saturated heterocycles. The van der Waals surface area contributed by atoms with Gasteiger partial charge in [0.15, 0.2) is 5.78 Å². The summed E-state index contributed by atoms with van der Waals surface area (Å²) in [5.41, 5.74) is 9.86. The van der Waals surface area contributed by atoms with E-state index in [0.29, 0.717) is 24.4 Å². The first-order valence-corrected chi connectivity index (χ1v) is 12.1. The molecule has 0 bridgehead atoms. The highest BCUT2D eigenvalue weighted by Gasteiger charge is 2.39. The Labute approximate surface area is 211 Å². The first kappa shape index (κ1) is 25.2. The molecule has 2 atom stereocenters. The van der Waals surface area contributed by atoms with Crippen molar-refractivity contribution in [3.63, 3.8) is 0 Å². The van der Waals surface area contributed by atoms with Crippen LogP contribution in [-0.2, 0) is 20.9 Å². The lowest BCUT2D eigenvalue weighted by atomic mass is 9.70. The minimum Gasteiger partial charge on any atom is -0.384 e. The summed E-state index contributed by atoms with van der Waals surface area (Å²) >= 11 is 0. The molecule has 2 unspecified atom stereocenters. The van der Waals surface area contributed by atoms with Gasteiger partial charge in [-0.1, -0.05) is 50.2 Å². The molecule has 0 radical (unpaired) electrons. The highest BCUT2D eigenvalue weighted by molar-refractivity contribution is 6.02. The summed E-state index contributed by atoms with van der Waals surface area (Å²) in [7, 11) is 0. The largest absolute Gasteiger partial charge is 0.384 e. The fourth-order valence-electron chi connectivity index (χ4n) is 4.79. The Balaban J connectivity index is 1.49. The first-order valence-electron chi connectivity index (χ1n) is 12.1. The number of amides is 2. The quantitative estimate of drug-likeness (QED) is 0.496. The molecule has 188 valence electrons. The average molecular weight is 488 g/mol. The SMILES string of the molecule is Cc1nc(N)ccc1CNC(=O)C(C)NC(=O)C1=CC(c2ccccc2)C2=C(CC(C)(C)CC2=O)N1. The lowest BCUT2D eigenvalue weighted by Gasteiger charge is -2.37. The van der Waals surface area contributed by atoms with E-state index in [1.54, 1.807) is 19.1 Å². The van der Waals surface area contributed by atoms with Gasteiger partial charge in [-0.15, -0.1) is 0 Å². The summed E-state index contributed by atoms with van der Waals surface area (Å²) in [6, 6.07) is 12.4. The number of rotatable bonds is 6. The number of ketones is 1. The van der Waals surface area contributed by atoms with Crippen molar-refractivity contribution in [2.24, 2.45) is 5.41 Å². The second kappa shape index (κ2) is 9.97. The van der Waals surface area contributed by atoms with Crippen LogP contribution in [0.3, 0.4) is 0 Å². The topological polar surface area (TPSA) is 126 Å². The standard InChI is InChI=1S/C28H33N5O3/c1-16-19(10-11-24(29)31-16)15-30-26(35)17(2)32-27(36)21-12-20(18-8-6-5-7-9-18)25-22(33-21)13-28(3,4)14-23(25)34/h5-12,17,20,33H,13-15H2,1-4H3,(H2,29,31)(H,30,35)(H,32,36). The summed E-state index contributed by atoms with van der Waals surface area (Å²) in [6.07, 6.45) is 2.91. The van der Waals surface area contributed by atoms with Gasteiger partial charge in [-0.25, -0.2) is 4.98 Å². The number of benzene rings is 1. The van der Waals surface area contributed by atoms with E-state index in [1.807, 2.05) is 43.3 Å². The van der Waals surface area contributed by atoms with E-state index in [1.165, 1.54) is 0 Å². The highest BCUT2D eigenvalue weighted by atomic mass is 16.2. The summed E-state index contributed by atoms with van der Waals surface area (Å²) < 4.78 is 0. The second-order valence-electron chi connectivity index (χ2n) is 10.3. The van der Waals surface area contributed by atoms with Crippen molar-refractivity contribution in [3.05, 3.63) is 82.3 Å². The molecular weight excluding hydrogens is 454 g/mol. The predicted molar refractivity (Wildman–Crippen MR) is 138 cm³/mol. The Morgan fingerprint density at radius 1 is 1.17 bits per heavy atom. The number of nitrogens with two attached hydrogens (primary N) is 1. The number of hydrogen-bond donors (Lipinski definition) is 4. The van der Waals surface area contributed by atoms with Crippen molar-refractivity contribution < 1.29 is 14.4 Å². The molecule has 36 heavy (non-hydrogen) atoms. The molecule has 0 saturated carbocycles. The molecular formula is C28H33N5O3. The number of carbonyl (C=O) groups is 3. The minimum atomic E-state index is -0.766. The summed E-state index contributed by atoms with van der Waals surface area (Å²) in [6.45, 7) is 7.85. The smallest absolute Gasteiger partial charge is 0.268 e. The number of aromatic nitrogens is 1. The van der Waals surface area contributed by atoms with E-state index in [2.05, 4.69) is 34.8 Å². The number of anilines is 1. The van der Waals surface area contributed by atoms with E-state index in [0.717, 1.165) is 28.1 Å². The molecule has 0 spiro atoms. The van der Waals surface area contributed by atoms with Crippen LogP contribution < -0.4 is 21.7 Å². The number of dihydropyridines is 1. The Bertz CT molecular complexity index is 1260. The Hall–Kier alpha value is -3.94. The van der Waals surface area contributed by atoms with E-state index in [-0.39, 0.29) is 29.6 Å². The van der Waals surface area contributed by atoms with Gasteiger partial charge in [0.1, 0.15) is 17.6 Å². The van der Waals surface area contributed by atoms with Gasteiger partial charge in [-0.05, 0) is 49.0 Å². The molecule has 2 heterocycles. The maximum atomic E-state index is 13.2. The molecule has 1 aromatic carbocycles. The second-order valence-corrected chi connectivity index (χ2v) is 10.3. The number of allylic oxidation sites excluding steroid dienone is 3. The Morgan fingerprint density at radius 3 is 2.58 bits per heavy atom. The summed E-state index contributed by atoms with van der Waals surface area (Å²) in [5, 5.41) is 8.83. The lowest BCUT2D eigenvalue weighted by Crippen LogP contribution is -2.47. The van der Waals surface area contributed by atoms with Gasteiger partial charge in [-0.3, -0.25) is 14.4 Å². The third-order valence-corrected chi connectivity index (χ3v) is 6.66. The number of Topliss-reactive ketones (excluding diaryl/α,β-unsaturated/α-hetero) is 1. The zero-order valence-corrected chi connectivity index (χ0v) is 21.1. The van der Waals surface area contributed by atoms with Crippen LogP contribution >= 0.6 is 0 Å². The number of nitrogens with zero attached hydrogens (tertiary/aromatic N) is 1. The fourth-order valence-corrected chi connectivity index (χ4v) is 4.79.